The number of nitrogens with zero attached hydrogens (tertiary/aromatic N) is 2. The predicted octanol–water partition coefficient (Wildman–Crippen LogP) is 1.42. The Balaban J connectivity index is 2.00. The number of aromatic amines is 1. The Bertz CT molecular complexity index is 277. The molecular weight excluding hydrogens is 162 g/mol. The third-order valence-electron chi connectivity index (χ3n) is 2.50. The van der Waals surface area contributed by atoms with Crippen molar-refractivity contribution in [1.82, 2.24) is 15.1 Å². The van der Waals surface area contributed by atoms with Crippen molar-refractivity contribution in [2.75, 3.05) is 13.1 Å². The largest absolute Gasteiger partial charge is 0.298 e. The van der Waals surface area contributed by atoms with Crippen LogP contribution in [0.2, 0.25) is 0 Å². The molecule has 0 bridgehead atoms. The summed E-state index contributed by atoms with van der Waals surface area (Å²) in [4.78, 5) is 2.50. The van der Waals surface area contributed by atoms with Crippen LogP contribution in [0.25, 0.3) is 0 Å². The molecule has 0 aromatic carbocycles. The second kappa shape index (κ2) is 3.50. The van der Waals surface area contributed by atoms with Gasteiger partial charge in [-0.25, -0.2) is 0 Å². The van der Waals surface area contributed by atoms with Gasteiger partial charge in [-0.3, -0.25) is 10.00 Å². The van der Waals surface area contributed by atoms with Crippen molar-refractivity contribution in [2.45, 2.75) is 26.8 Å². The molecule has 0 amide bonds. The maximum atomic E-state index is 4.07. The molecule has 1 aliphatic heterocycles. The van der Waals surface area contributed by atoms with Crippen molar-refractivity contribution in [3.05, 3.63) is 17.5 Å². The van der Waals surface area contributed by atoms with E-state index < -0.39 is 0 Å². The van der Waals surface area contributed by atoms with Crippen molar-refractivity contribution in [3.63, 3.8) is 0 Å². The zero-order valence-corrected chi connectivity index (χ0v) is 8.38. The predicted molar refractivity (Wildman–Crippen MR) is 52.4 cm³/mol. The third-order valence-corrected chi connectivity index (χ3v) is 2.50. The molecule has 1 N–H and O–H groups in total. The van der Waals surface area contributed by atoms with Gasteiger partial charge in [0.1, 0.15) is 0 Å². The van der Waals surface area contributed by atoms with Crippen LogP contribution in [0.3, 0.4) is 0 Å². The van der Waals surface area contributed by atoms with Crippen molar-refractivity contribution in [2.24, 2.45) is 5.92 Å². The van der Waals surface area contributed by atoms with Crippen LogP contribution >= 0.6 is 0 Å². The molecule has 0 saturated heterocycles. The van der Waals surface area contributed by atoms with Gasteiger partial charge in [-0.2, -0.15) is 5.10 Å². The highest BCUT2D eigenvalue weighted by Gasteiger charge is 2.17. The first-order chi connectivity index (χ1) is 6.25. The molecule has 72 valence electrons. The van der Waals surface area contributed by atoms with E-state index >= 15 is 0 Å². The SMILES string of the molecule is CC(C)CN1CCc2[nH]ncc2C1. The van der Waals surface area contributed by atoms with Crippen LogP contribution in [0.5, 0.6) is 0 Å². The minimum Gasteiger partial charge on any atom is -0.298 e. The van der Waals surface area contributed by atoms with E-state index in [0.717, 1.165) is 18.9 Å². The minimum atomic E-state index is 0.758. The van der Waals surface area contributed by atoms with E-state index in [1.54, 1.807) is 0 Å². The highest BCUT2D eigenvalue weighted by Crippen LogP contribution is 2.16. The van der Waals surface area contributed by atoms with Crippen molar-refractivity contribution >= 4 is 0 Å². The lowest BCUT2D eigenvalue weighted by molar-refractivity contribution is 0.226. The average molecular weight is 179 g/mol. The minimum absolute atomic E-state index is 0.758. The van der Waals surface area contributed by atoms with E-state index in [1.807, 2.05) is 6.20 Å². The summed E-state index contributed by atoms with van der Waals surface area (Å²) in [7, 11) is 0. The lowest BCUT2D eigenvalue weighted by atomic mass is 10.1. The number of hydrogen-bond acceptors (Lipinski definition) is 2. The second-order valence-electron chi connectivity index (χ2n) is 4.25. The van der Waals surface area contributed by atoms with Crippen LogP contribution in [0.4, 0.5) is 0 Å². The van der Waals surface area contributed by atoms with Crippen molar-refractivity contribution < 1.29 is 0 Å². The van der Waals surface area contributed by atoms with Crippen molar-refractivity contribution in [3.8, 4) is 0 Å². The Morgan fingerprint density at radius 3 is 3.23 bits per heavy atom. The van der Waals surface area contributed by atoms with E-state index in [-0.39, 0.29) is 0 Å². The highest BCUT2D eigenvalue weighted by molar-refractivity contribution is 5.18. The van der Waals surface area contributed by atoms with E-state index in [1.165, 1.54) is 24.3 Å². The molecule has 1 aromatic heterocycles. The van der Waals surface area contributed by atoms with Gasteiger partial charge in [0.05, 0.1) is 6.20 Å². The maximum Gasteiger partial charge on any atom is 0.0535 e. The van der Waals surface area contributed by atoms with Gasteiger partial charge in [0.25, 0.3) is 0 Å². The smallest absolute Gasteiger partial charge is 0.0535 e. The highest BCUT2D eigenvalue weighted by atomic mass is 15.2. The molecule has 1 aromatic rings. The summed E-state index contributed by atoms with van der Waals surface area (Å²) in [5.41, 5.74) is 2.71. The van der Waals surface area contributed by atoms with Gasteiger partial charge in [0, 0.05) is 37.3 Å². The topological polar surface area (TPSA) is 31.9 Å². The van der Waals surface area contributed by atoms with Crippen LogP contribution in [-0.4, -0.2) is 28.2 Å². The number of aromatic nitrogens is 2. The normalized spacial score (nSPS) is 17.8. The molecule has 0 aliphatic carbocycles. The van der Waals surface area contributed by atoms with Gasteiger partial charge in [0.15, 0.2) is 0 Å². The molecule has 2 rings (SSSR count). The summed E-state index contributed by atoms with van der Waals surface area (Å²) in [5, 5.41) is 7.12. The average Bonchev–Trinajstić information content (AvgIpc) is 2.49. The number of hydrogen-bond donors (Lipinski definition) is 1. The zero-order valence-electron chi connectivity index (χ0n) is 8.38. The van der Waals surface area contributed by atoms with Gasteiger partial charge in [-0.1, -0.05) is 13.8 Å². The quantitative estimate of drug-likeness (QED) is 0.744. The molecule has 0 spiro atoms. The van der Waals surface area contributed by atoms with Crippen LogP contribution in [0, 0.1) is 5.92 Å². The summed E-state index contributed by atoms with van der Waals surface area (Å²) in [6, 6.07) is 0. The van der Waals surface area contributed by atoms with E-state index in [4.69, 9.17) is 0 Å². The van der Waals surface area contributed by atoms with E-state index in [0.29, 0.717) is 0 Å². The molecule has 3 heteroatoms. The molecule has 0 saturated carbocycles. The lowest BCUT2D eigenvalue weighted by Crippen LogP contribution is -2.33. The number of nitrogens with one attached hydrogen (secondary N) is 1. The van der Waals surface area contributed by atoms with Gasteiger partial charge >= 0.3 is 0 Å². The van der Waals surface area contributed by atoms with Gasteiger partial charge in [-0.15, -0.1) is 0 Å². The first-order valence-corrected chi connectivity index (χ1v) is 4.99. The Morgan fingerprint density at radius 1 is 1.62 bits per heavy atom. The fourth-order valence-electron chi connectivity index (χ4n) is 1.95. The zero-order chi connectivity index (χ0) is 9.26. The van der Waals surface area contributed by atoms with Crippen LogP contribution in [0.15, 0.2) is 6.20 Å². The standard InChI is InChI=1S/C10H17N3/c1-8(2)6-13-4-3-10-9(7-13)5-11-12-10/h5,8H,3-4,6-7H2,1-2H3,(H,11,12). The third kappa shape index (κ3) is 1.91. The van der Waals surface area contributed by atoms with Crippen molar-refractivity contribution in [1.29, 1.82) is 0 Å². The van der Waals surface area contributed by atoms with Crippen LogP contribution in [-0.2, 0) is 13.0 Å². The molecule has 0 atom stereocenters. The fraction of sp³-hybridized carbons (Fsp3) is 0.700. The first-order valence-electron chi connectivity index (χ1n) is 4.99. The molecule has 0 fully saturated rings. The Morgan fingerprint density at radius 2 is 2.46 bits per heavy atom. The monoisotopic (exact) mass is 179 g/mol. The van der Waals surface area contributed by atoms with Gasteiger partial charge in [0.2, 0.25) is 0 Å². The maximum absolute atomic E-state index is 4.07. The Kier molecular flexibility index (Phi) is 2.36. The van der Waals surface area contributed by atoms with E-state index in [2.05, 4.69) is 28.9 Å². The molecule has 3 nitrogen and oxygen atoms in total. The summed E-state index contributed by atoms with van der Waals surface area (Å²) < 4.78 is 0. The molecule has 1 aliphatic rings. The summed E-state index contributed by atoms with van der Waals surface area (Å²) in [6.45, 7) is 7.98. The number of H-pyrrole nitrogens is 1. The molecule has 2 heterocycles. The molecular formula is C10H17N3. The Labute approximate surface area is 79.1 Å². The number of fused-ring (bicyclic) bond motifs is 1. The molecule has 0 radical (unpaired) electrons. The van der Waals surface area contributed by atoms with Gasteiger partial charge < -0.3 is 0 Å². The van der Waals surface area contributed by atoms with Crippen LogP contribution < -0.4 is 0 Å². The van der Waals surface area contributed by atoms with Gasteiger partial charge in [-0.05, 0) is 5.92 Å². The number of rotatable bonds is 2. The lowest BCUT2D eigenvalue weighted by Gasteiger charge is -2.27. The second-order valence-corrected chi connectivity index (χ2v) is 4.25. The summed E-state index contributed by atoms with van der Waals surface area (Å²) >= 11 is 0. The van der Waals surface area contributed by atoms with E-state index in [9.17, 15) is 0 Å². The summed E-state index contributed by atoms with van der Waals surface area (Å²) in [5.74, 6) is 0.758. The molecule has 13 heavy (non-hydrogen) atoms. The Hall–Kier alpha value is -0.830. The fourth-order valence-corrected chi connectivity index (χ4v) is 1.95. The summed E-state index contributed by atoms with van der Waals surface area (Å²) in [6.07, 6.45) is 3.09. The molecule has 0 unspecified atom stereocenters. The first kappa shape index (κ1) is 8.75. The van der Waals surface area contributed by atoms with Crippen LogP contribution in [0.1, 0.15) is 25.1 Å².